The smallest absolute Gasteiger partial charge is 0.410 e. The topological polar surface area (TPSA) is 117 Å². The minimum Gasteiger partial charge on any atom is -0.478 e. The fourth-order valence-corrected chi connectivity index (χ4v) is 4.90. The summed E-state index contributed by atoms with van der Waals surface area (Å²) in [6.07, 6.45) is 3.45. The van der Waals surface area contributed by atoms with Gasteiger partial charge in [0.25, 0.3) is 0 Å². The van der Waals surface area contributed by atoms with E-state index in [1.54, 1.807) is 0 Å². The first-order valence-electron chi connectivity index (χ1n) is 12.5. The van der Waals surface area contributed by atoms with Crippen molar-refractivity contribution in [2.75, 3.05) is 39.4 Å². The average molecular weight is 589 g/mol. The molecule has 4 rings (SSSR count). The highest BCUT2D eigenvalue weighted by molar-refractivity contribution is 9.10. The number of carbonyl (C=O) groups is 3. The number of nitrogens with zero attached hydrogens (tertiary/aromatic N) is 2. The molecule has 1 amide bonds. The molecule has 2 atom stereocenters. The van der Waals surface area contributed by atoms with E-state index in [0.29, 0.717) is 25.1 Å². The fraction of sp³-hybridized carbons (Fsp3) is 0.393. The molecule has 2 aliphatic rings. The Balaban J connectivity index is 0.000000436. The van der Waals surface area contributed by atoms with Crippen molar-refractivity contribution in [1.82, 2.24) is 9.80 Å². The third-order valence-corrected chi connectivity index (χ3v) is 7.04. The van der Waals surface area contributed by atoms with E-state index in [0.717, 1.165) is 55.7 Å². The van der Waals surface area contributed by atoms with Gasteiger partial charge in [0.2, 0.25) is 0 Å². The Morgan fingerprint density at radius 3 is 2.37 bits per heavy atom. The van der Waals surface area contributed by atoms with Crippen LogP contribution in [0.5, 0.6) is 0 Å². The zero-order valence-corrected chi connectivity index (χ0v) is 22.7. The second kappa shape index (κ2) is 15.3. The lowest BCUT2D eigenvalue weighted by molar-refractivity contribution is -0.134. The first-order valence-corrected chi connectivity index (χ1v) is 13.3. The molecule has 0 spiro atoms. The lowest BCUT2D eigenvalue weighted by Crippen LogP contribution is -2.35. The Labute approximate surface area is 230 Å². The maximum absolute atomic E-state index is 12.8. The van der Waals surface area contributed by atoms with Crippen LogP contribution in [0.2, 0.25) is 0 Å². The number of rotatable bonds is 9. The molecule has 2 saturated heterocycles. The minimum atomic E-state index is -1.26. The molecule has 2 unspecified atom stereocenters. The molecule has 0 saturated carbocycles. The summed E-state index contributed by atoms with van der Waals surface area (Å²) in [6.45, 7) is 5.20. The summed E-state index contributed by atoms with van der Waals surface area (Å²) in [6, 6.07) is 18.5. The van der Waals surface area contributed by atoms with Crippen molar-refractivity contribution in [1.29, 1.82) is 0 Å². The lowest BCUT2D eigenvalue weighted by atomic mass is 10.0. The van der Waals surface area contributed by atoms with E-state index in [1.165, 1.54) is 5.56 Å². The Morgan fingerprint density at radius 2 is 1.68 bits per heavy atom. The van der Waals surface area contributed by atoms with E-state index >= 15 is 0 Å². The van der Waals surface area contributed by atoms with Crippen molar-refractivity contribution in [3.8, 4) is 0 Å². The molecule has 2 fully saturated rings. The monoisotopic (exact) mass is 588 g/mol. The van der Waals surface area contributed by atoms with E-state index in [9.17, 15) is 14.4 Å². The van der Waals surface area contributed by atoms with Crippen molar-refractivity contribution in [2.24, 2.45) is 0 Å². The largest absolute Gasteiger partial charge is 0.478 e. The Bertz CT molecular complexity index is 1070. The van der Waals surface area contributed by atoms with Crippen LogP contribution in [-0.4, -0.2) is 83.5 Å². The number of carbonyl (C=O) groups excluding carboxylic acids is 1. The van der Waals surface area contributed by atoms with E-state index in [2.05, 4.69) is 39.0 Å². The Kier molecular flexibility index (Phi) is 11.8. The van der Waals surface area contributed by atoms with Gasteiger partial charge in [0.15, 0.2) is 0 Å². The maximum Gasteiger partial charge on any atom is 0.410 e. The van der Waals surface area contributed by atoms with Crippen LogP contribution < -0.4 is 0 Å². The summed E-state index contributed by atoms with van der Waals surface area (Å²) < 4.78 is 12.4. The highest BCUT2D eigenvalue weighted by Crippen LogP contribution is 2.31. The number of ether oxygens (including phenoxy) is 2. The summed E-state index contributed by atoms with van der Waals surface area (Å²) in [5.74, 6) is -2.51. The molecule has 2 aromatic rings. The first kappa shape index (κ1) is 29.3. The van der Waals surface area contributed by atoms with Crippen LogP contribution in [0.15, 0.2) is 71.2 Å². The number of aliphatic carboxylic acids is 2. The van der Waals surface area contributed by atoms with Crippen LogP contribution in [0.3, 0.4) is 0 Å². The van der Waals surface area contributed by atoms with Gasteiger partial charge in [-0.25, -0.2) is 14.4 Å². The van der Waals surface area contributed by atoms with Gasteiger partial charge in [-0.2, -0.15) is 0 Å². The third kappa shape index (κ3) is 9.59. The molecule has 0 radical (unpaired) electrons. The summed E-state index contributed by atoms with van der Waals surface area (Å²) >= 11 is 3.60. The minimum absolute atomic E-state index is 0.0204. The van der Waals surface area contributed by atoms with Crippen molar-refractivity contribution >= 4 is 34.0 Å². The van der Waals surface area contributed by atoms with Gasteiger partial charge in [-0.3, -0.25) is 4.90 Å². The van der Waals surface area contributed by atoms with Crippen molar-refractivity contribution in [3.05, 3.63) is 82.3 Å². The summed E-state index contributed by atoms with van der Waals surface area (Å²) in [4.78, 5) is 36.3. The number of halogens is 1. The van der Waals surface area contributed by atoms with Gasteiger partial charge in [-0.1, -0.05) is 64.5 Å². The van der Waals surface area contributed by atoms with Crippen LogP contribution in [-0.2, 0) is 25.5 Å². The van der Waals surface area contributed by atoms with Crippen LogP contribution in [0, 0.1) is 0 Å². The molecule has 2 N–H and O–H groups in total. The molecule has 2 aliphatic heterocycles. The molecule has 38 heavy (non-hydrogen) atoms. The average Bonchev–Trinajstić information content (AvgIpc) is 3.08. The number of hydrogen-bond donors (Lipinski definition) is 2. The summed E-state index contributed by atoms with van der Waals surface area (Å²) in [5.41, 5.74) is 2.33. The summed E-state index contributed by atoms with van der Waals surface area (Å²) in [5, 5.41) is 15.6. The molecule has 2 aromatic carbocycles. The summed E-state index contributed by atoms with van der Waals surface area (Å²) in [7, 11) is 0. The second-order valence-electron chi connectivity index (χ2n) is 8.99. The van der Waals surface area contributed by atoms with Crippen LogP contribution in [0.1, 0.15) is 30.0 Å². The quantitative estimate of drug-likeness (QED) is 0.414. The normalized spacial score (nSPS) is 18.8. The number of benzene rings is 2. The van der Waals surface area contributed by atoms with E-state index in [4.69, 9.17) is 19.7 Å². The zero-order chi connectivity index (χ0) is 27.3. The molecule has 0 bridgehead atoms. The molecule has 0 aliphatic carbocycles. The van der Waals surface area contributed by atoms with E-state index in [1.807, 2.05) is 41.3 Å². The van der Waals surface area contributed by atoms with Gasteiger partial charge in [0.05, 0.1) is 19.2 Å². The molecule has 2 heterocycles. The number of carboxylic acid groups (broad SMARTS) is 2. The number of hydrogen-bond acceptors (Lipinski definition) is 6. The van der Waals surface area contributed by atoms with Gasteiger partial charge in [0, 0.05) is 49.3 Å². The number of amides is 1. The van der Waals surface area contributed by atoms with Crippen LogP contribution in [0.4, 0.5) is 4.79 Å². The first-order chi connectivity index (χ1) is 18.3. The van der Waals surface area contributed by atoms with Gasteiger partial charge in [-0.15, -0.1) is 0 Å². The van der Waals surface area contributed by atoms with Crippen molar-refractivity contribution in [2.45, 2.75) is 31.4 Å². The third-order valence-electron chi connectivity index (χ3n) is 6.27. The van der Waals surface area contributed by atoms with Gasteiger partial charge < -0.3 is 24.6 Å². The predicted molar refractivity (Wildman–Crippen MR) is 145 cm³/mol. The van der Waals surface area contributed by atoms with Crippen molar-refractivity contribution < 1.29 is 34.1 Å². The Hall–Kier alpha value is -3.21. The predicted octanol–water partition coefficient (Wildman–Crippen LogP) is 4.38. The molecular weight excluding hydrogens is 556 g/mol. The second-order valence-corrected chi connectivity index (χ2v) is 9.84. The highest BCUT2D eigenvalue weighted by Gasteiger charge is 2.37. The maximum atomic E-state index is 12.8. The number of cyclic esters (lactones) is 1. The Morgan fingerprint density at radius 1 is 1.00 bits per heavy atom. The van der Waals surface area contributed by atoms with Gasteiger partial charge >= 0.3 is 18.0 Å². The highest BCUT2D eigenvalue weighted by atomic mass is 79.9. The molecule has 10 heteroatoms. The van der Waals surface area contributed by atoms with E-state index in [-0.39, 0.29) is 18.2 Å². The lowest BCUT2D eigenvalue weighted by Gasteiger charge is -2.29. The zero-order valence-electron chi connectivity index (χ0n) is 21.1. The van der Waals surface area contributed by atoms with Crippen molar-refractivity contribution in [3.63, 3.8) is 0 Å². The molecule has 204 valence electrons. The van der Waals surface area contributed by atoms with Gasteiger partial charge in [-0.05, 0) is 30.0 Å². The number of carboxylic acids is 2. The van der Waals surface area contributed by atoms with Crippen LogP contribution >= 0.6 is 15.9 Å². The SMILES string of the molecule is O=C(O)C=CC(=O)O.O=C1OC(Cc2ccccc2Br)CN1C(CCN1CCCOCC1)c1ccccc1. The van der Waals surface area contributed by atoms with Gasteiger partial charge in [0.1, 0.15) is 6.10 Å². The van der Waals surface area contributed by atoms with E-state index < -0.39 is 11.9 Å². The standard InChI is InChI=1S/C24H29BrN2O3.C4H4O4/c25-22-10-5-4-9-20(22)17-21-18-27(24(28)30-21)23(19-7-2-1-3-8-19)11-13-26-12-6-15-29-16-14-26;5-3(6)1-2-4(7)8/h1-5,7-10,21,23H,6,11-18H2;1-2H,(H,5,6)(H,7,8). The molecular formula is C28H33BrN2O7. The fourth-order valence-electron chi connectivity index (χ4n) is 4.46. The van der Waals surface area contributed by atoms with Crippen LogP contribution in [0.25, 0.3) is 0 Å². The molecule has 9 nitrogen and oxygen atoms in total. The molecule has 0 aromatic heterocycles.